The highest BCUT2D eigenvalue weighted by Crippen LogP contribution is 2.31. The molecule has 4 nitrogen and oxygen atoms in total. The van der Waals surface area contributed by atoms with E-state index in [1.54, 1.807) is 32.0 Å². The van der Waals surface area contributed by atoms with Gasteiger partial charge < -0.3 is 5.11 Å². The van der Waals surface area contributed by atoms with Crippen LogP contribution in [0.3, 0.4) is 0 Å². The molecular weight excluding hydrogens is 403 g/mol. The summed E-state index contributed by atoms with van der Waals surface area (Å²) in [5.74, 6) is -1.60. The molecule has 0 aromatic heterocycles. The van der Waals surface area contributed by atoms with E-state index in [-0.39, 0.29) is 29.0 Å². The molecule has 0 saturated carbocycles. The second-order valence-electron chi connectivity index (χ2n) is 8.90. The van der Waals surface area contributed by atoms with Crippen LogP contribution in [0.25, 0.3) is 0 Å². The average Bonchev–Trinajstić information content (AvgIpc) is 2.60. The molecule has 0 amide bonds. The highest BCUT2D eigenvalue weighted by molar-refractivity contribution is 7.92. The third-order valence-corrected chi connectivity index (χ3v) is 6.84. The fraction of sp³-hybridized carbons (Fsp3) is 0.458. The van der Waals surface area contributed by atoms with Crippen LogP contribution in [0.1, 0.15) is 75.6 Å². The van der Waals surface area contributed by atoms with E-state index in [2.05, 4.69) is 0 Å². The second kappa shape index (κ2) is 8.98. The Hall–Kier alpha value is -2.05. The number of halogens is 1. The minimum atomic E-state index is -3.89. The summed E-state index contributed by atoms with van der Waals surface area (Å²) in [7, 11) is -3.89. The summed E-state index contributed by atoms with van der Waals surface area (Å²) >= 11 is 0. The van der Waals surface area contributed by atoms with E-state index in [1.165, 1.54) is 18.2 Å². The summed E-state index contributed by atoms with van der Waals surface area (Å²) in [5, 5.41) is 10.1. The molecule has 0 unspecified atom stereocenters. The van der Waals surface area contributed by atoms with Gasteiger partial charge in [0.25, 0.3) is 0 Å². The third-order valence-electron chi connectivity index (χ3n) is 5.16. The minimum Gasteiger partial charge on any atom is -0.386 e. The Bertz CT molecular complexity index is 1030. The molecule has 0 aliphatic carbocycles. The van der Waals surface area contributed by atoms with Crippen LogP contribution in [0, 0.1) is 5.82 Å². The maximum Gasteiger partial charge on any atom is 0.185 e. The van der Waals surface area contributed by atoms with Crippen molar-refractivity contribution in [3.05, 3.63) is 64.5 Å². The number of carbonyl (C=O) groups excluding carboxylic acids is 1. The molecule has 0 radical (unpaired) electrons. The summed E-state index contributed by atoms with van der Waals surface area (Å²) < 4.78 is 40.2. The Morgan fingerprint density at radius 3 is 2.23 bits per heavy atom. The number of benzene rings is 2. The molecular formula is C24H31FO4S. The molecule has 6 heteroatoms. The first kappa shape index (κ1) is 24.2. The Kier molecular flexibility index (Phi) is 7.25. The van der Waals surface area contributed by atoms with Gasteiger partial charge in [-0.25, -0.2) is 12.8 Å². The van der Waals surface area contributed by atoms with E-state index in [9.17, 15) is 22.7 Å². The molecule has 0 spiro atoms. The van der Waals surface area contributed by atoms with Crippen LogP contribution < -0.4 is 0 Å². The molecule has 0 saturated heterocycles. The molecule has 1 N–H and O–H groups in total. The summed E-state index contributed by atoms with van der Waals surface area (Å²) in [6, 6.07) is 9.08. The van der Waals surface area contributed by atoms with Gasteiger partial charge in [-0.1, -0.05) is 45.9 Å². The van der Waals surface area contributed by atoms with Crippen LogP contribution >= 0.6 is 0 Å². The maximum atomic E-state index is 14.5. The largest absolute Gasteiger partial charge is 0.386 e. The predicted molar refractivity (Wildman–Crippen MR) is 117 cm³/mol. The lowest BCUT2D eigenvalue weighted by Gasteiger charge is -2.20. The molecule has 0 fully saturated rings. The molecule has 2 aromatic rings. The molecule has 0 aliphatic rings. The van der Waals surface area contributed by atoms with Crippen LogP contribution in [-0.4, -0.2) is 25.1 Å². The predicted octanol–water partition coefficient (Wildman–Crippen LogP) is 4.89. The summed E-state index contributed by atoms with van der Waals surface area (Å²) in [5.41, 5.74) is 1.16. The van der Waals surface area contributed by atoms with Gasteiger partial charge >= 0.3 is 0 Å². The van der Waals surface area contributed by atoms with Gasteiger partial charge in [0.05, 0.1) is 10.5 Å². The number of Topliss-reactive ketones (excluding diaryl/α,β-unsaturated/α-hetero) is 1. The number of sulfone groups is 1. The molecule has 2 aromatic carbocycles. The van der Waals surface area contributed by atoms with Gasteiger partial charge in [0.15, 0.2) is 15.6 Å². The lowest BCUT2D eigenvalue weighted by atomic mass is 9.86. The normalized spacial score (nSPS) is 12.6. The molecule has 2 rings (SSSR count). The fourth-order valence-electron chi connectivity index (χ4n) is 3.63. The third kappa shape index (κ3) is 5.55. The topological polar surface area (TPSA) is 71.4 Å². The monoisotopic (exact) mass is 434 g/mol. The van der Waals surface area contributed by atoms with Crippen molar-refractivity contribution in [3.8, 4) is 0 Å². The number of ketones is 1. The molecule has 164 valence electrons. The van der Waals surface area contributed by atoms with Crippen molar-refractivity contribution in [1.29, 1.82) is 0 Å². The van der Waals surface area contributed by atoms with Crippen molar-refractivity contribution in [2.75, 3.05) is 5.75 Å². The van der Waals surface area contributed by atoms with E-state index in [1.807, 2.05) is 27.7 Å². The minimum absolute atomic E-state index is 0.0112. The lowest BCUT2D eigenvalue weighted by Crippen LogP contribution is -2.21. The number of hydrogen-bond acceptors (Lipinski definition) is 4. The van der Waals surface area contributed by atoms with Crippen molar-refractivity contribution < 1.29 is 22.7 Å². The number of aliphatic hydroxyl groups is 1. The van der Waals surface area contributed by atoms with Crippen LogP contribution in [0.4, 0.5) is 4.39 Å². The first-order valence-electron chi connectivity index (χ1n) is 10.1. The zero-order valence-electron chi connectivity index (χ0n) is 18.5. The first-order valence-corrected chi connectivity index (χ1v) is 11.8. The van der Waals surface area contributed by atoms with Crippen molar-refractivity contribution in [2.24, 2.45) is 0 Å². The van der Waals surface area contributed by atoms with Gasteiger partial charge in [0.2, 0.25) is 0 Å². The fourth-order valence-corrected chi connectivity index (χ4v) is 4.91. The average molecular weight is 435 g/mol. The van der Waals surface area contributed by atoms with E-state index in [0.717, 1.165) is 5.56 Å². The number of carbonyl (C=O) groups is 1. The maximum absolute atomic E-state index is 14.5. The van der Waals surface area contributed by atoms with Gasteiger partial charge in [-0.2, -0.15) is 0 Å². The highest BCUT2D eigenvalue weighted by Gasteiger charge is 2.25. The molecule has 30 heavy (non-hydrogen) atoms. The van der Waals surface area contributed by atoms with E-state index >= 15 is 0 Å². The van der Waals surface area contributed by atoms with Gasteiger partial charge in [0.1, 0.15) is 11.6 Å². The quantitative estimate of drug-likeness (QED) is 0.642. The van der Waals surface area contributed by atoms with E-state index in [0.29, 0.717) is 16.7 Å². The van der Waals surface area contributed by atoms with Gasteiger partial charge in [-0.3, -0.25) is 4.79 Å². The van der Waals surface area contributed by atoms with Crippen molar-refractivity contribution in [1.82, 2.24) is 0 Å². The first-order chi connectivity index (χ1) is 13.7. The van der Waals surface area contributed by atoms with E-state index in [4.69, 9.17) is 0 Å². The Balaban J connectivity index is 2.37. The number of hydrogen-bond donors (Lipinski definition) is 1. The smallest absolute Gasteiger partial charge is 0.185 e. The van der Waals surface area contributed by atoms with Crippen LogP contribution in [0.15, 0.2) is 41.3 Å². The van der Waals surface area contributed by atoms with Crippen molar-refractivity contribution in [3.63, 3.8) is 0 Å². The van der Waals surface area contributed by atoms with Crippen molar-refractivity contribution >= 4 is 15.6 Å². The van der Waals surface area contributed by atoms with Crippen molar-refractivity contribution in [2.45, 2.75) is 70.3 Å². The van der Waals surface area contributed by atoms with Crippen LogP contribution in [0.5, 0.6) is 0 Å². The summed E-state index contributed by atoms with van der Waals surface area (Å²) in [6.45, 7) is 10.8. The molecule has 0 atom stereocenters. The standard InChI is InChI=1S/C24H31FO4S/c1-15(2)20-10-11-22(25)23(16(3)4)21(20)13-18(26)14-30(28,29)19-9-7-8-17(12-19)24(5,6)27/h7-12,15-16,27H,13-14H2,1-6H3. The molecule has 0 aliphatic heterocycles. The molecule has 0 heterocycles. The summed E-state index contributed by atoms with van der Waals surface area (Å²) in [6.07, 6.45) is -0.136. The van der Waals surface area contributed by atoms with Crippen LogP contribution in [0.2, 0.25) is 0 Å². The SMILES string of the molecule is CC(C)c1ccc(F)c(C(C)C)c1CC(=O)CS(=O)(=O)c1cccc(C(C)(C)O)c1. The molecule has 0 bridgehead atoms. The van der Waals surface area contributed by atoms with Crippen LogP contribution in [-0.2, 0) is 26.7 Å². The zero-order valence-corrected chi connectivity index (χ0v) is 19.3. The van der Waals surface area contributed by atoms with E-state index < -0.39 is 27.0 Å². The zero-order chi connectivity index (χ0) is 22.9. The number of rotatable bonds is 8. The van der Waals surface area contributed by atoms with Gasteiger partial charge in [-0.15, -0.1) is 0 Å². The Morgan fingerprint density at radius 2 is 1.70 bits per heavy atom. The Morgan fingerprint density at radius 1 is 1.07 bits per heavy atom. The highest BCUT2D eigenvalue weighted by atomic mass is 32.2. The summed E-state index contributed by atoms with van der Waals surface area (Å²) in [4.78, 5) is 12.8. The lowest BCUT2D eigenvalue weighted by molar-refractivity contribution is -0.116. The second-order valence-corrected chi connectivity index (χ2v) is 10.9. The Labute approximate surface area is 179 Å². The van der Waals surface area contributed by atoms with Gasteiger partial charge in [-0.05, 0) is 66.1 Å². The van der Waals surface area contributed by atoms with Gasteiger partial charge in [0, 0.05) is 6.42 Å².